The average Bonchev–Trinajstić information content (AvgIpc) is 3.45. The second-order valence-corrected chi connectivity index (χ2v) is 15.3. The summed E-state index contributed by atoms with van der Waals surface area (Å²) in [6, 6.07) is 60.7. The minimum absolute atomic E-state index is 0.0674. The molecule has 0 radical (unpaired) electrons. The van der Waals surface area contributed by atoms with Crippen molar-refractivity contribution >= 4 is 43.7 Å². The summed E-state index contributed by atoms with van der Waals surface area (Å²) >= 11 is 0. The van der Waals surface area contributed by atoms with E-state index in [9.17, 15) is 0 Å². The first-order valence-corrected chi connectivity index (χ1v) is 19.0. The highest BCUT2D eigenvalue weighted by molar-refractivity contribution is 6.28. The smallest absolute Gasteiger partial charge is 0.0672 e. The predicted octanol–water partition coefficient (Wildman–Crippen LogP) is 13.8. The number of hydrogen-bond donors (Lipinski definition) is 0. The van der Waals surface area contributed by atoms with Crippen LogP contribution in [0.4, 0.5) is 0 Å². The molecule has 0 saturated carbocycles. The van der Waals surface area contributed by atoms with Gasteiger partial charge in [-0.05, 0) is 101 Å². The Bertz CT molecular complexity index is 2780. The summed E-state index contributed by atoms with van der Waals surface area (Å²) in [5, 5.41) is 7.68. The number of fused-ring (bicyclic) bond motifs is 9. The first-order chi connectivity index (χ1) is 26.0. The van der Waals surface area contributed by atoms with Crippen LogP contribution in [0, 0.1) is 5.92 Å². The van der Waals surface area contributed by atoms with E-state index in [4.69, 9.17) is 4.99 Å². The van der Waals surface area contributed by atoms with E-state index in [-0.39, 0.29) is 17.3 Å². The zero-order chi connectivity index (χ0) is 35.7. The molecule has 0 fully saturated rings. The van der Waals surface area contributed by atoms with Crippen LogP contribution < -0.4 is 0 Å². The van der Waals surface area contributed by atoms with Crippen LogP contribution in [0.1, 0.15) is 60.9 Å². The SMILES string of the molecule is CCC1C(c2ccccc2)=NC(c2ccc3c4ccccc4c4cccc(-c5ccc6c(c5)C(C)(C)c5ccccc5-6)c4c3c2)=CC1c1ccccc1. The number of nitrogens with zero attached hydrogens (tertiary/aromatic N) is 1. The Morgan fingerprint density at radius 2 is 1.11 bits per heavy atom. The number of benzene rings is 8. The molecule has 1 aliphatic carbocycles. The van der Waals surface area contributed by atoms with Gasteiger partial charge in [0, 0.05) is 22.8 Å². The topological polar surface area (TPSA) is 12.4 Å². The molecule has 53 heavy (non-hydrogen) atoms. The molecule has 8 aromatic carbocycles. The highest BCUT2D eigenvalue weighted by Crippen LogP contribution is 2.50. The van der Waals surface area contributed by atoms with Gasteiger partial charge in [-0.2, -0.15) is 0 Å². The van der Waals surface area contributed by atoms with Gasteiger partial charge in [-0.1, -0.05) is 172 Å². The second-order valence-electron chi connectivity index (χ2n) is 15.3. The summed E-state index contributed by atoms with van der Waals surface area (Å²) in [5.41, 5.74) is 13.9. The van der Waals surface area contributed by atoms with Gasteiger partial charge >= 0.3 is 0 Å². The van der Waals surface area contributed by atoms with E-state index in [0.717, 1.165) is 17.7 Å². The molecule has 1 heteroatoms. The molecule has 2 aliphatic rings. The number of aliphatic imine (C=N–C) groups is 1. The van der Waals surface area contributed by atoms with Crippen molar-refractivity contribution in [3.05, 3.63) is 198 Å². The van der Waals surface area contributed by atoms with E-state index in [2.05, 4.69) is 191 Å². The van der Waals surface area contributed by atoms with Crippen molar-refractivity contribution in [1.29, 1.82) is 0 Å². The Morgan fingerprint density at radius 3 is 1.91 bits per heavy atom. The minimum Gasteiger partial charge on any atom is -0.252 e. The van der Waals surface area contributed by atoms with E-state index < -0.39 is 0 Å². The summed E-state index contributed by atoms with van der Waals surface area (Å²) in [6.07, 6.45) is 3.44. The van der Waals surface area contributed by atoms with Crippen molar-refractivity contribution in [1.82, 2.24) is 0 Å². The second kappa shape index (κ2) is 12.3. The molecule has 0 N–H and O–H groups in total. The van der Waals surface area contributed by atoms with Crippen LogP contribution in [0.2, 0.25) is 0 Å². The summed E-state index contributed by atoms with van der Waals surface area (Å²) in [5.74, 6) is 0.512. The van der Waals surface area contributed by atoms with E-state index in [1.54, 1.807) is 0 Å². The minimum atomic E-state index is -0.0674. The summed E-state index contributed by atoms with van der Waals surface area (Å²) in [6.45, 7) is 7.03. The maximum atomic E-state index is 5.53. The number of hydrogen-bond acceptors (Lipinski definition) is 1. The van der Waals surface area contributed by atoms with Crippen LogP contribution in [0.3, 0.4) is 0 Å². The van der Waals surface area contributed by atoms with Gasteiger partial charge < -0.3 is 0 Å². The number of allylic oxidation sites excluding steroid dienone is 1. The lowest BCUT2D eigenvalue weighted by Crippen LogP contribution is -2.25. The van der Waals surface area contributed by atoms with E-state index in [0.29, 0.717) is 0 Å². The molecule has 2 atom stereocenters. The molecular formula is C52H41N. The highest BCUT2D eigenvalue weighted by Gasteiger charge is 2.35. The third kappa shape index (κ3) is 4.95. The maximum absolute atomic E-state index is 5.53. The predicted molar refractivity (Wildman–Crippen MR) is 226 cm³/mol. The van der Waals surface area contributed by atoms with Gasteiger partial charge in [0.05, 0.1) is 11.4 Å². The Labute approximate surface area is 312 Å². The molecule has 10 rings (SSSR count). The first kappa shape index (κ1) is 31.7. The van der Waals surface area contributed by atoms with Crippen LogP contribution in [0.15, 0.2) is 175 Å². The fraction of sp³-hybridized carbons (Fsp3) is 0.135. The van der Waals surface area contributed by atoms with Gasteiger partial charge in [0.1, 0.15) is 0 Å². The molecular weight excluding hydrogens is 639 g/mol. The Balaban J connectivity index is 1.22. The zero-order valence-electron chi connectivity index (χ0n) is 30.5. The van der Waals surface area contributed by atoms with Crippen LogP contribution >= 0.6 is 0 Å². The molecule has 254 valence electrons. The first-order valence-electron chi connectivity index (χ1n) is 19.0. The van der Waals surface area contributed by atoms with E-state index in [1.165, 1.54) is 82.5 Å². The summed E-state index contributed by atoms with van der Waals surface area (Å²) < 4.78 is 0. The fourth-order valence-electron chi connectivity index (χ4n) is 9.48. The van der Waals surface area contributed by atoms with Gasteiger partial charge in [-0.25, -0.2) is 0 Å². The van der Waals surface area contributed by atoms with Gasteiger partial charge in [-0.3, -0.25) is 4.99 Å². The molecule has 0 spiro atoms. The van der Waals surface area contributed by atoms with Crippen molar-refractivity contribution in [2.75, 3.05) is 0 Å². The van der Waals surface area contributed by atoms with Gasteiger partial charge in [0.2, 0.25) is 0 Å². The largest absolute Gasteiger partial charge is 0.252 e. The molecule has 0 saturated heterocycles. The Kier molecular flexibility index (Phi) is 7.34. The van der Waals surface area contributed by atoms with Crippen molar-refractivity contribution in [2.24, 2.45) is 10.9 Å². The van der Waals surface area contributed by atoms with Crippen molar-refractivity contribution < 1.29 is 0 Å². The quantitative estimate of drug-likeness (QED) is 0.161. The van der Waals surface area contributed by atoms with Crippen molar-refractivity contribution in [2.45, 2.75) is 38.5 Å². The molecule has 0 bridgehead atoms. The average molecular weight is 680 g/mol. The van der Waals surface area contributed by atoms with Crippen molar-refractivity contribution in [3.63, 3.8) is 0 Å². The molecule has 2 unspecified atom stereocenters. The Morgan fingerprint density at radius 1 is 0.491 bits per heavy atom. The molecule has 1 heterocycles. The van der Waals surface area contributed by atoms with E-state index >= 15 is 0 Å². The lowest BCUT2D eigenvalue weighted by molar-refractivity contribution is 0.593. The highest BCUT2D eigenvalue weighted by atomic mass is 14.8. The van der Waals surface area contributed by atoms with Gasteiger partial charge in [-0.15, -0.1) is 0 Å². The lowest BCUT2D eigenvalue weighted by Gasteiger charge is -2.31. The van der Waals surface area contributed by atoms with Gasteiger partial charge in [0.15, 0.2) is 0 Å². The summed E-state index contributed by atoms with van der Waals surface area (Å²) in [4.78, 5) is 5.53. The van der Waals surface area contributed by atoms with Crippen molar-refractivity contribution in [3.8, 4) is 22.3 Å². The molecule has 0 aromatic heterocycles. The van der Waals surface area contributed by atoms with Crippen LogP contribution in [-0.2, 0) is 5.41 Å². The molecule has 1 nitrogen and oxygen atoms in total. The molecule has 8 aromatic rings. The van der Waals surface area contributed by atoms with Gasteiger partial charge in [0.25, 0.3) is 0 Å². The Hall–Kier alpha value is -6.05. The third-order valence-corrected chi connectivity index (χ3v) is 12.1. The van der Waals surface area contributed by atoms with Crippen LogP contribution in [0.5, 0.6) is 0 Å². The van der Waals surface area contributed by atoms with Crippen LogP contribution in [0.25, 0.3) is 60.3 Å². The molecule has 0 amide bonds. The molecule has 1 aliphatic heterocycles. The zero-order valence-corrected chi connectivity index (χ0v) is 30.5. The third-order valence-electron chi connectivity index (χ3n) is 12.1. The maximum Gasteiger partial charge on any atom is 0.0672 e. The fourth-order valence-corrected chi connectivity index (χ4v) is 9.48. The standard InChI is InChI=1S/C52H41N/c1-4-37-45(33-16-7-5-8-17-33)32-49(53-51(37)34-18-9-6-10-19-34)36-27-28-41-39-20-11-12-21-40(39)44-24-15-23-38(50(44)46(41)30-36)35-26-29-43-42-22-13-14-25-47(42)52(2,3)48(43)31-35/h5-32,37,45H,4H2,1-3H3. The van der Waals surface area contributed by atoms with Crippen LogP contribution in [-0.4, -0.2) is 5.71 Å². The number of rotatable bonds is 5. The summed E-state index contributed by atoms with van der Waals surface area (Å²) in [7, 11) is 0. The lowest BCUT2D eigenvalue weighted by atomic mass is 9.76. The van der Waals surface area contributed by atoms with E-state index in [1.807, 2.05) is 0 Å². The normalized spacial score (nSPS) is 17.4. The monoisotopic (exact) mass is 679 g/mol.